The number of hydrogen-bond acceptors (Lipinski definition) is 1. The van der Waals surface area contributed by atoms with Gasteiger partial charge in [0.1, 0.15) is 0 Å². The number of allylic oxidation sites excluding steroid dienone is 1. The van der Waals surface area contributed by atoms with Gasteiger partial charge in [-0.2, -0.15) is 0 Å². The van der Waals surface area contributed by atoms with Crippen molar-refractivity contribution in [3.8, 4) is 0 Å². The first-order valence-electron chi connectivity index (χ1n) is 3.68. The summed E-state index contributed by atoms with van der Waals surface area (Å²) in [6.07, 6.45) is 3.64. The molecule has 1 nitrogen and oxygen atoms in total. The highest BCUT2D eigenvalue weighted by atomic mass is 16.2. The Bertz CT molecular complexity index is 251. The van der Waals surface area contributed by atoms with Crippen LogP contribution in [-0.2, 0) is 6.42 Å². The fourth-order valence-corrected chi connectivity index (χ4v) is 1.02. The second-order valence-corrected chi connectivity index (χ2v) is 2.52. The van der Waals surface area contributed by atoms with Gasteiger partial charge in [-0.3, -0.25) is 0 Å². The molecule has 0 fully saturated rings. The molecule has 0 spiro atoms. The lowest BCUT2D eigenvalue weighted by atomic mass is 10.1. The molecule has 0 bridgehead atoms. The van der Waals surface area contributed by atoms with E-state index in [1.54, 1.807) is 6.08 Å². The van der Waals surface area contributed by atoms with E-state index in [0.717, 1.165) is 12.7 Å². The van der Waals surface area contributed by atoms with E-state index >= 15 is 0 Å². The van der Waals surface area contributed by atoms with Gasteiger partial charge in [-0.15, -0.1) is 0 Å². The summed E-state index contributed by atoms with van der Waals surface area (Å²) in [4.78, 5) is 0. The van der Waals surface area contributed by atoms with Crippen molar-refractivity contribution < 1.29 is 5.11 Å². The molecule has 0 saturated heterocycles. The van der Waals surface area contributed by atoms with Crippen LogP contribution in [0.3, 0.4) is 0 Å². The van der Waals surface area contributed by atoms with Gasteiger partial charge in [0, 0.05) is 0 Å². The molecule has 1 rings (SSSR count). The van der Waals surface area contributed by atoms with E-state index < -0.39 is 0 Å². The van der Waals surface area contributed by atoms with Crippen LogP contribution in [0.2, 0.25) is 0 Å². The normalized spacial score (nSPS) is 10.6. The van der Waals surface area contributed by atoms with Gasteiger partial charge >= 0.3 is 0 Å². The van der Waals surface area contributed by atoms with E-state index in [9.17, 15) is 0 Å². The molecule has 0 aliphatic carbocycles. The summed E-state index contributed by atoms with van der Waals surface area (Å²) in [5.41, 5.74) is 2.53. The van der Waals surface area contributed by atoms with Crippen molar-refractivity contribution in [1.29, 1.82) is 0 Å². The topological polar surface area (TPSA) is 20.2 Å². The Morgan fingerprint density at radius 3 is 2.73 bits per heavy atom. The van der Waals surface area contributed by atoms with Crippen LogP contribution in [0.4, 0.5) is 0 Å². The van der Waals surface area contributed by atoms with Crippen LogP contribution in [0.25, 0.3) is 0 Å². The third-order valence-electron chi connectivity index (χ3n) is 1.70. The molecular formula is C10H12O. The first-order chi connectivity index (χ1) is 5.34. The van der Waals surface area contributed by atoms with Crippen molar-refractivity contribution in [2.45, 2.75) is 13.3 Å². The lowest BCUT2D eigenvalue weighted by Gasteiger charge is -1.99. The zero-order valence-corrected chi connectivity index (χ0v) is 6.62. The van der Waals surface area contributed by atoms with Crippen LogP contribution in [-0.4, -0.2) is 5.11 Å². The summed E-state index contributed by atoms with van der Waals surface area (Å²) in [5, 5.41) is 8.44. The molecule has 1 aromatic carbocycles. The van der Waals surface area contributed by atoms with Gasteiger partial charge in [-0.25, -0.2) is 0 Å². The molecule has 1 heteroatoms. The van der Waals surface area contributed by atoms with E-state index in [2.05, 4.69) is 19.1 Å². The van der Waals surface area contributed by atoms with Gasteiger partial charge < -0.3 is 5.11 Å². The van der Waals surface area contributed by atoms with E-state index in [4.69, 9.17) is 5.11 Å². The predicted octanol–water partition coefficient (Wildman–Crippen LogP) is 2.61. The molecule has 0 heterocycles. The van der Waals surface area contributed by atoms with Gasteiger partial charge in [0.25, 0.3) is 0 Å². The molecule has 0 aliphatic heterocycles. The fraction of sp³-hybridized carbons (Fsp3) is 0.200. The summed E-state index contributed by atoms with van der Waals surface area (Å²) in [5.74, 6) is 0. The first-order valence-corrected chi connectivity index (χ1v) is 3.68. The Morgan fingerprint density at radius 2 is 2.09 bits per heavy atom. The molecule has 0 unspecified atom stereocenters. The van der Waals surface area contributed by atoms with Crippen molar-refractivity contribution in [3.05, 3.63) is 47.7 Å². The maximum absolute atomic E-state index is 8.44. The smallest absolute Gasteiger partial charge is 0.0755 e. The molecule has 0 aromatic heterocycles. The Hall–Kier alpha value is -1.24. The van der Waals surface area contributed by atoms with Gasteiger partial charge in [0.05, 0.1) is 6.26 Å². The molecule has 1 N–H and O–H groups in total. The summed E-state index contributed by atoms with van der Waals surface area (Å²) >= 11 is 0. The average molecular weight is 148 g/mol. The van der Waals surface area contributed by atoms with Crippen LogP contribution < -0.4 is 0 Å². The standard InChI is InChI=1S/C10H12O/c1-9-5-2-3-6-10(9)7-4-8-11/h2-6,8,11H,7H2,1H3. The third-order valence-corrected chi connectivity index (χ3v) is 1.70. The number of hydrogen-bond donors (Lipinski definition) is 1. The highest BCUT2D eigenvalue weighted by molar-refractivity contribution is 5.27. The van der Waals surface area contributed by atoms with Crippen molar-refractivity contribution in [2.75, 3.05) is 0 Å². The van der Waals surface area contributed by atoms with Gasteiger partial charge in [-0.05, 0) is 30.5 Å². The Kier molecular flexibility index (Phi) is 2.73. The maximum atomic E-state index is 8.44. The minimum atomic E-state index is 0.809. The Morgan fingerprint density at radius 1 is 1.36 bits per heavy atom. The zero-order valence-electron chi connectivity index (χ0n) is 6.62. The van der Waals surface area contributed by atoms with Crippen LogP contribution in [0, 0.1) is 6.92 Å². The predicted molar refractivity (Wildman–Crippen MR) is 46.7 cm³/mol. The van der Waals surface area contributed by atoms with E-state index in [-0.39, 0.29) is 0 Å². The van der Waals surface area contributed by atoms with Gasteiger partial charge in [-0.1, -0.05) is 24.3 Å². The summed E-state index contributed by atoms with van der Waals surface area (Å²) in [7, 11) is 0. The number of rotatable bonds is 2. The number of aryl methyl sites for hydroxylation is 1. The molecule has 0 amide bonds. The molecule has 0 aliphatic rings. The second-order valence-electron chi connectivity index (χ2n) is 2.52. The number of benzene rings is 1. The van der Waals surface area contributed by atoms with E-state index in [1.807, 2.05) is 12.1 Å². The molecule has 0 radical (unpaired) electrons. The SMILES string of the molecule is Cc1ccccc1CC=CO. The van der Waals surface area contributed by atoms with Crippen molar-refractivity contribution in [3.63, 3.8) is 0 Å². The average Bonchev–Trinajstić information content (AvgIpc) is 2.03. The van der Waals surface area contributed by atoms with Crippen LogP contribution in [0.1, 0.15) is 11.1 Å². The zero-order chi connectivity index (χ0) is 8.10. The van der Waals surface area contributed by atoms with Crippen molar-refractivity contribution >= 4 is 0 Å². The quantitative estimate of drug-likeness (QED) is 0.639. The second kappa shape index (κ2) is 3.81. The molecule has 58 valence electrons. The Balaban J connectivity index is 2.77. The maximum Gasteiger partial charge on any atom is 0.0755 e. The van der Waals surface area contributed by atoms with Crippen molar-refractivity contribution in [2.24, 2.45) is 0 Å². The fourth-order valence-electron chi connectivity index (χ4n) is 1.02. The van der Waals surface area contributed by atoms with Gasteiger partial charge in [0.2, 0.25) is 0 Å². The monoisotopic (exact) mass is 148 g/mol. The summed E-state index contributed by atoms with van der Waals surface area (Å²) < 4.78 is 0. The van der Waals surface area contributed by atoms with Gasteiger partial charge in [0.15, 0.2) is 0 Å². The van der Waals surface area contributed by atoms with Crippen LogP contribution in [0.5, 0.6) is 0 Å². The molecular weight excluding hydrogens is 136 g/mol. The summed E-state index contributed by atoms with van der Waals surface area (Å²) in [6.45, 7) is 2.07. The Labute approximate surface area is 67.0 Å². The van der Waals surface area contributed by atoms with Crippen molar-refractivity contribution in [1.82, 2.24) is 0 Å². The highest BCUT2D eigenvalue weighted by Crippen LogP contribution is 2.07. The first kappa shape index (κ1) is 7.86. The lowest BCUT2D eigenvalue weighted by Crippen LogP contribution is -1.84. The summed E-state index contributed by atoms with van der Waals surface area (Å²) in [6, 6.07) is 8.16. The number of aliphatic hydroxyl groups excluding tert-OH is 1. The number of aliphatic hydroxyl groups is 1. The largest absolute Gasteiger partial charge is 0.516 e. The van der Waals surface area contributed by atoms with Crippen LogP contribution >= 0.6 is 0 Å². The highest BCUT2D eigenvalue weighted by Gasteiger charge is 1.91. The lowest BCUT2D eigenvalue weighted by molar-refractivity contribution is 0.471. The molecule has 0 atom stereocenters. The van der Waals surface area contributed by atoms with E-state index in [0.29, 0.717) is 0 Å². The van der Waals surface area contributed by atoms with Crippen LogP contribution in [0.15, 0.2) is 36.6 Å². The molecule has 0 saturated carbocycles. The molecule has 1 aromatic rings. The molecule has 11 heavy (non-hydrogen) atoms. The minimum absolute atomic E-state index is 0.809. The van der Waals surface area contributed by atoms with E-state index in [1.165, 1.54) is 11.1 Å². The minimum Gasteiger partial charge on any atom is -0.516 e. The third kappa shape index (κ3) is 2.11.